The third-order valence-corrected chi connectivity index (χ3v) is 8.60. The molecule has 11 heteroatoms. The number of ether oxygens (including phenoxy) is 1. The van der Waals surface area contributed by atoms with E-state index in [4.69, 9.17) is 10.5 Å². The van der Waals surface area contributed by atoms with E-state index in [1.807, 2.05) is 19.9 Å². The summed E-state index contributed by atoms with van der Waals surface area (Å²) in [5.41, 5.74) is 9.50. The first-order valence-electron chi connectivity index (χ1n) is 11.5. The second-order valence-electron chi connectivity index (χ2n) is 9.31. The second-order valence-corrected chi connectivity index (χ2v) is 11.5. The molecule has 1 aromatic heterocycles. The number of amides is 2. The lowest BCUT2D eigenvalue weighted by atomic mass is 9.93. The van der Waals surface area contributed by atoms with Crippen molar-refractivity contribution in [1.82, 2.24) is 15.1 Å². The highest BCUT2D eigenvalue weighted by atomic mass is 32.2. The smallest absolute Gasteiger partial charge is 0.273 e. The molecule has 3 heterocycles. The van der Waals surface area contributed by atoms with Crippen LogP contribution in [0.5, 0.6) is 11.5 Å². The number of aromatic hydroxyl groups is 1. The van der Waals surface area contributed by atoms with Crippen LogP contribution >= 0.6 is 0 Å². The van der Waals surface area contributed by atoms with Gasteiger partial charge in [0.05, 0.1) is 17.5 Å². The number of phenolic OH excluding ortho intramolecular Hbond substituents is 1. The maximum Gasteiger partial charge on any atom is 0.273 e. The fraction of sp³-hybridized carbons (Fsp3) is 0.320. The Bertz CT molecular complexity index is 1480. The number of hydrogen-bond donors (Lipinski definition) is 3. The lowest BCUT2D eigenvalue weighted by molar-refractivity contribution is -0.119. The van der Waals surface area contributed by atoms with E-state index < -0.39 is 27.8 Å². The summed E-state index contributed by atoms with van der Waals surface area (Å²) in [7, 11) is -3.26. The van der Waals surface area contributed by atoms with E-state index in [0.29, 0.717) is 34.6 Å². The molecule has 5 rings (SSSR count). The van der Waals surface area contributed by atoms with E-state index >= 15 is 0 Å². The first-order valence-corrected chi connectivity index (χ1v) is 13.3. The van der Waals surface area contributed by atoms with Gasteiger partial charge in [-0.2, -0.15) is 5.10 Å². The van der Waals surface area contributed by atoms with Crippen molar-refractivity contribution in [1.29, 1.82) is 0 Å². The van der Waals surface area contributed by atoms with Gasteiger partial charge in [0.25, 0.3) is 11.8 Å². The third-order valence-electron chi connectivity index (χ3n) is 6.85. The summed E-state index contributed by atoms with van der Waals surface area (Å²) in [4.78, 5) is 26.3. The van der Waals surface area contributed by atoms with Crippen molar-refractivity contribution < 1.29 is 27.9 Å². The first-order chi connectivity index (χ1) is 17.1. The Hall–Kier alpha value is -3.86. The second kappa shape index (κ2) is 8.66. The molecule has 1 saturated heterocycles. The number of nitrogens with two attached hydrogens (primary N) is 1. The molecule has 0 aliphatic carbocycles. The lowest BCUT2D eigenvalue weighted by Crippen LogP contribution is -2.40. The van der Waals surface area contributed by atoms with Gasteiger partial charge in [0.15, 0.2) is 16.4 Å². The van der Waals surface area contributed by atoms with E-state index in [9.17, 15) is 23.1 Å². The Balaban J connectivity index is 1.63. The number of carbonyl (C=O) groups excluding carboxylic acids is 2. The van der Waals surface area contributed by atoms with Crippen molar-refractivity contribution in [3.8, 4) is 22.8 Å². The SMILES string of the molecule is Cc1cc(O)c(-c2n[nH]c3c2C(c2ccc(OCC(N)=O)cc2)N(C2CCS(=O)(=O)C2)C3=O)cc1C. The number of hydrogen-bond acceptors (Lipinski definition) is 7. The first kappa shape index (κ1) is 23.9. The molecule has 2 aliphatic heterocycles. The zero-order valence-corrected chi connectivity index (χ0v) is 20.6. The van der Waals surface area contributed by atoms with Gasteiger partial charge in [-0.15, -0.1) is 0 Å². The summed E-state index contributed by atoms with van der Waals surface area (Å²) >= 11 is 0. The van der Waals surface area contributed by atoms with Crippen molar-refractivity contribution >= 4 is 21.7 Å². The van der Waals surface area contributed by atoms with Crippen LogP contribution < -0.4 is 10.5 Å². The highest BCUT2D eigenvalue weighted by molar-refractivity contribution is 7.91. The maximum absolute atomic E-state index is 13.6. The molecule has 2 aromatic carbocycles. The van der Waals surface area contributed by atoms with E-state index in [0.717, 1.165) is 11.1 Å². The molecule has 2 aliphatic rings. The number of aromatic nitrogens is 2. The number of nitrogens with zero attached hydrogens (tertiary/aromatic N) is 2. The van der Waals surface area contributed by atoms with Gasteiger partial charge >= 0.3 is 0 Å². The molecular formula is C25H26N4O6S. The standard InChI is InChI=1S/C25H26N4O6S/c1-13-9-18(19(30)10-14(13)2)22-21-23(28-27-22)25(32)29(16-7-8-36(33,34)12-16)24(21)15-3-5-17(6-4-15)35-11-20(26)31/h3-6,9-10,16,24,30H,7-8,11-12H2,1-2H3,(H2,26,31)(H,27,28). The number of H-pyrrole nitrogens is 1. The Morgan fingerprint density at radius 3 is 2.56 bits per heavy atom. The van der Waals surface area contributed by atoms with Crippen LogP contribution in [0.2, 0.25) is 0 Å². The summed E-state index contributed by atoms with van der Waals surface area (Å²) in [6.07, 6.45) is 0.340. The molecule has 188 valence electrons. The monoisotopic (exact) mass is 510 g/mol. The number of sulfone groups is 1. The van der Waals surface area contributed by atoms with Crippen LogP contribution in [0.1, 0.15) is 45.2 Å². The van der Waals surface area contributed by atoms with Crippen LogP contribution in [0, 0.1) is 13.8 Å². The van der Waals surface area contributed by atoms with Gasteiger partial charge in [-0.1, -0.05) is 12.1 Å². The highest BCUT2D eigenvalue weighted by Crippen LogP contribution is 2.47. The van der Waals surface area contributed by atoms with Gasteiger partial charge in [-0.25, -0.2) is 8.42 Å². The predicted octanol–water partition coefficient (Wildman–Crippen LogP) is 2.00. The molecule has 0 saturated carbocycles. The van der Waals surface area contributed by atoms with Crippen LogP contribution in [0.3, 0.4) is 0 Å². The minimum Gasteiger partial charge on any atom is -0.507 e. The van der Waals surface area contributed by atoms with E-state index in [1.165, 1.54) is 0 Å². The van der Waals surface area contributed by atoms with Crippen LogP contribution in [0.15, 0.2) is 36.4 Å². The number of aromatic amines is 1. The molecule has 1 fully saturated rings. The van der Waals surface area contributed by atoms with Crippen LogP contribution in [0.25, 0.3) is 11.3 Å². The summed E-state index contributed by atoms with van der Waals surface area (Å²) < 4.78 is 29.9. The minimum atomic E-state index is -3.26. The predicted molar refractivity (Wildman–Crippen MR) is 131 cm³/mol. The Labute approximate surface area is 208 Å². The Kier molecular flexibility index (Phi) is 5.74. The zero-order chi connectivity index (χ0) is 25.8. The third kappa shape index (κ3) is 4.09. The number of rotatable bonds is 6. The zero-order valence-electron chi connectivity index (χ0n) is 19.8. The largest absolute Gasteiger partial charge is 0.507 e. The van der Waals surface area contributed by atoms with Gasteiger partial charge in [0, 0.05) is 17.2 Å². The molecular weight excluding hydrogens is 484 g/mol. The number of primary amides is 1. The molecule has 0 bridgehead atoms. The summed E-state index contributed by atoms with van der Waals surface area (Å²) in [6.45, 7) is 3.55. The van der Waals surface area contributed by atoms with Gasteiger partial charge in [0.1, 0.15) is 22.9 Å². The number of nitrogens with one attached hydrogen (secondary N) is 1. The fourth-order valence-electron chi connectivity index (χ4n) is 4.96. The molecule has 2 amide bonds. The fourth-order valence-corrected chi connectivity index (χ4v) is 6.67. The van der Waals surface area contributed by atoms with Crippen molar-refractivity contribution in [2.45, 2.75) is 32.4 Å². The van der Waals surface area contributed by atoms with Crippen molar-refractivity contribution in [3.05, 3.63) is 64.3 Å². The molecule has 0 radical (unpaired) electrons. The average Bonchev–Trinajstić information content (AvgIpc) is 3.48. The van der Waals surface area contributed by atoms with Crippen LogP contribution in [0.4, 0.5) is 0 Å². The number of phenols is 1. The molecule has 10 nitrogen and oxygen atoms in total. The Morgan fingerprint density at radius 1 is 1.22 bits per heavy atom. The van der Waals surface area contributed by atoms with Crippen molar-refractivity contribution in [3.63, 3.8) is 0 Å². The highest BCUT2D eigenvalue weighted by Gasteiger charge is 2.48. The normalized spacial score (nSPS) is 20.5. The minimum absolute atomic E-state index is 0.0189. The molecule has 2 atom stereocenters. The van der Waals surface area contributed by atoms with Crippen LogP contribution in [-0.4, -0.2) is 64.6 Å². The van der Waals surface area contributed by atoms with Crippen molar-refractivity contribution in [2.24, 2.45) is 5.73 Å². The Morgan fingerprint density at radius 2 is 1.92 bits per heavy atom. The molecule has 0 spiro atoms. The van der Waals surface area contributed by atoms with Crippen LogP contribution in [-0.2, 0) is 14.6 Å². The van der Waals surface area contributed by atoms with Crippen molar-refractivity contribution in [2.75, 3.05) is 18.1 Å². The number of fused-ring (bicyclic) bond motifs is 1. The molecule has 2 unspecified atom stereocenters. The van der Waals surface area contributed by atoms with E-state index in [2.05, 4.69) is 10.2 Å². The maximum atomic E-state index is 13.6. The number of aryl methyl sites for hydroxylation is 2. The average molecular weight is 511 g/mol. The number of carbonyl (C=O) groups is 2. The topological polar surface area (TPSA) is 156 Å². The lowest BCUT2D eigenvalue weighted by Gasteiger charge is -2.31. The van der Waals surface area contributed by atoms with Gasteiger partial charge in [-0.05, 0) is 61.2 Å². The summed E-state index contributed by atoms with van der Waals surface area (Å²) in [5.74, 6) is -0.572. The molecule has 3 aromatic rings. The van der Waals surface area contributed by atoms with Gasteiger partial charge in [-0.3, -0.25) is 14.7 Å². The quantitative estimate of drug-likeness (QED) is 0.458. The molecule has 36 heavy (non-hydrogen) atoms. The summed E-state index contributed by atoms with van der Waals surface area (Å²) in [5, 5.41) is 18.0. The molecule has 4 N–H and O–H groups in total. The van der Waals surface area contributed by atoms with E-state index in [-0.39, 0.29) is 35.5 Å². The van der Waals surface area contributed by atoms with Gasteiger partial charge < -0.3 is 20.5 Å². The van der Waals surface area contributed by atoms with Gasteiger partial charge in [0.2, 0.25) is 0 Å². The summed E-state index contributed by atoms with van der Waals surface area (Å²) in [6, 6.07) is 9.20. The number of benzene rings is 2. The van der Waals surface area contributed by atoms with E-state index in [1.54, 1.807) is 35.2 Å².